The van der Waals surface area contributed by atoms with Gasteiger partial charge in [0.1, 0.15) is 6.04 Å². The Balaban J connectivity index is 2.98. The number of hydrogen-bond donors (Lipinski definition) is 3. The molecule has 7 nitrogen and oxygen atoms in total. The summed E-state index contributed by atoms with van der Waals surface area (Å²) in [6.07, 6.45) is 0.529. The normalized spacial score (nSPS) is 14.1. The zero-order chi connectivity index (χ0) is 16.9. The number of benzene rings is 1. The average molecular weight is 328 g/mol. The maximum atomic E-state index is 12.2. The summed E-state index contributed by atoms with van der Waals surface area (Å²) in [6.45, 7) is 4.80. The molecule has 1 rings (SSSR count). The van der Waals surface area contributed by atoms with E-state index in [-0.39, 0.29) is 16.7 Å². The molecule has 8 heteroatoms. The van der Waals surface area contributed by atoms with Crippen LogP contribution in [0.3, 0.4) is 0 Å². The Hall–Kier alpha value is -1.93. The van der Waals surface area contributed by atoms with Gasteiger partial charge in [-0.3, -0.25) is 9.59 Å². The van der Waals surface area contributed by atoms with E-state index in [9.17, 15) is 18.0 Å². The van der Waals surface area contributed by atoms with Crippen molar-refractivity contribution in [3.63, 3.8) is 0 Å². The van der Waals surface area contributed by atoms with Crippen molar-refractivity contribution in [3.05, 3.63) is 24.3 Å². The van der Waals surface area contributed by atoms with Crippen LogP contribution < -0.4 is 10.0 Å². The van der Waals surface area contributed by atoms with Crippen LogP contribution >= 0.6 is 0 Å². The van der Waals surface area contributed by atoms with E-state index in [1.165, 1.54) is 31.2 Å². The van der Waals surface area contributed by atoms with E-state index in [1.807, 2.05) is 0 Å². The average Bonchev–Trinajstić information content (AvgIpc) is 2.43. The molecule has 2 unspecified atom stereocenters. The number of rotatable bonds is 7. The van der Waals surface area contributed by atoms with Crippen LogP contribution in [-0.2, 0) is 19.6 Å². The van der Waals surface area contributed by atoms with E-state index in [0.717, 1.165) is 0 Å². The maximum Gasteiger partial charge on any atom is 0.322 e. The van der Waals surface area contributed by atoms with Crippen molar-refractivity contribution >= 4 is 27.6 Å². The third-order valence-electron chi connectivity index (χ3n) is 3.25. The minimum Gasteiger partial charge on any atom is -0.480 e. The molecular weight excluding hydrogens is 308 g/mol. The number of carbonyl (C=O) groups excluding carboxylic acids is 1. The number of nitrogens with one attached hydrogen (secondary N) is 2. The molecule has 0 aliphatic carbocycles. The molecule has 0 fully saturated rings. The standard InChI is InChI=1S/C14H20N2O5S/c1-4-9(2)13(14(18)19)16-22(20,21)12-7-5-11(6-8-12)15-10(3)17/h5-9,13,16H,4H2,1-3H3,(H,15,17)(H,18,19). The van der Waals surface area contributed by atoms with Gasteiger partial charge in [0.05, 0.1) is 4.90 Å². The van der Waals surface area contributed by atoms with Gasteiger partial charge >= 0.3 is 5.97 Å². The number of hydrogen-bond acceptors (Lipinski definition) is 4. The molecule has 22 heavy (non-hydrogen) atoms. The molecule has 0 aromatic heterocycles. The van der Waals surface area contributed by atoms with Crippen LogP contribution in [0.25, 0.3) is 0 Å². The minimum atomic E-state index is -3.95. The lowest BCUT2D eigenvalue weighted by Gasteiger charge is -2.20. The number of anilines is 1. The zero-order valence-corrected chi connectivity index (χ0v) is 13.5. The number of carbonyl (C=O) groups is 2. The van der Waals surface area contributed by atoms with E-state index < -0.39 is 22.0 Å². The van der Waals surface area contributed by atoms with E-state index in [1.54, 1.807) is 13.8 Å². The van der Waals surface area contributed by atoms with Crippen molar-refractivity contribution in [1.29, 1.82) is 0 Å². The van der Waals surface area contributed by atoms with Crippen molar-refractivity contribution in [2.75, 3.05) is 5.32 Å². The van der Waals surface area contributed by atoms with E-state index in [0.29, 0.717) is 12.1 Å². The molecule has 1 aromatic rings. The summed E-state index contributed by atoms with van der Waals surface area (Å²) >= 11 is 0. The largest absolute Gasteiger partial charge is 0.480 e. The third-order valence-corrected chi connectivity index (χ3v) is 4.70. The lowest BCUT2D eigenvalue weighted by Crippen LogP contribution is -2.44. The smallest absolute Gasteiger partial charge is 0.322 e. The Morgan fingerprint density at radius 3 is 2.18 bits per heavy atom. The summed E-state index contributed by atoms with van der Waals surface area (Å²) in [5.74, 6) is -1.82. The summed E-state index contributed by atoms with van der Waals surface area (Å²) in [4.78, 5) is 22.1. The highest BCUT2D eigenvalue weighted by Gasteiger charge is 2.29. The fourth-order valence-corrected chi connectivity index (χ4v) is 3.10. The highest BCUT2D eigenvalue weighted by molar-refractivity contribution is 7.89. The first-order valence-electron chi connectivity index (χ1n) is 6.80. The lowest BCUT2D eigenvalue weighted by molar-refractivity contribution is -0.140. The molecule has 0 aliphatic heterocycles. The molecule has 1 aromatic carbocycles. The second-order valence-electron chi connectivity index (χ2n) is 5.03. The Morgan fingerprint density at radius 2 is 1.77 bits per heavy atom. The highest BCUT2D eigenvalue weighted by Crippen LogP contribution is 2.16. The first-order chi connectivity index (χ1) is 10.2. The monoisotopic (exact) mass is 328 g/mol. The van der Waals surface area contributed by atoms with Crippen LogP contribution in [0.2, 0.25) is 0 Å². The fraction of sp³-hybridized carbons (Fsp3) is 0.429. The molecule has 0 heterocycles. The Morgan fingerprint density at radius 1 is 1.23 bits per heavy atom. The maximum absolute atomic E-state index is 12.2. The topological polar surface area (TPSA) is 113 Å². The summed E-state index contributed by atoms with van der Waals surface area (Å²) in [7, 11) is -3.95. The summed E-state index contributed by atoms with van der Waals surface area (Å²) in [5, 5.41) is 11.7. The van der Waals surface area contributed by atoms with Crippen molar-refractivity contribution in [2.24, 2.45) is 5.92 Å². The summed E-state index contributed by atoms with van der Waals surface area (Å²) in [6, 6.07) is 4.31. The Kier molecular flexibility index (Phi) is 6.07. The molecule has 0 aliphatic rings. The first-order valence-corrected chi connectivity index (χ1v) is 8.28. The summed E-state index contributed by atoms with van der Waals surface area (Å²) in [5.41, 5.74) is 0.461. The number of aliphatic carboxylic acids is 1. The van der Waals surface area contributed by atoms with Crippen LogP contribution in [0.15, 0.2) is 29.2 Å². The second kappa shape index (κ2) is 7.37. The second-order valence-corrected chi connectivity index (χ2v) is 6.74. The molecule has 122 valence electrons. The predicted octanol–water partition coefficient (Wildman–Crippen LogP) is 1.42. The van der Waals surface area contributed by atoms with Gasteiger partial charge < -0.3 is 10.4 Å². The zero-order valence-electron chi connectivity index (χ0n) is 12.7. The van der Waals surface area contributed by atoms with Crippen molar-refractivity contribution in [1.82, 2.24) is 4.72 Å². The fourth-order valence-electron chi connectivity index (χ4n) is 1.80. The number of amides is 1. The van der Waals surface area contributed by atoms with Crippen molar-refractivity contribution in [3.8, 4) is 0 Å². The van der Waals surface area contributed by atoms with Gasteiger partial charge in [0.2, 0.25) is 15.9 Å². The number of carboxylic acid groups (broad SMARTS) is 1. The molecule has 0 saturated heterocycles. The third kappa shape index (κ3) is 4.81. The van der Waals surface area contributed by atoms with E-state index >= 15 is 0 Å². The molecule has 0 spiro atoms. The van der Waals surface area contributed by atoms with Crippen LogP contribution in [0, 0.1) is 5.92 Å². The van der Waals surface area contributed by atoms with Gasteiger partial charge in [-0.1, -0.05) is 20.3 Å². The van der Waals surface area contributed by atoms with Crippen molar-refractivity contribution in [2.45, 2.75) is 38.1 Å². The van der Waals surface area contributed by atoms with Gasteiger partial charge in [0, 0.05) is 12.6 Å². The van der Waals surface area contributed by atoms with Gasteiger partial charge in [-0.25, -0.2) is 8.42 Å². The lowest BCUT2D eigenvalue weighted by atomic mass is 10.0. The molecule has 0 saturated carbocycles. The Bertz CT molecular complexity index is 640. The van der Waals surface area contributed by atoms with Gasteiger partial charge in [-0.05, 0) is 30.2 Å². The van der Waals surface area contributed by atoms with Crippen LogP contribution in [0.5, 0.6) is 0 Å². The minimum absolute atomic E-state index is 0.0591. The van der Waals surface area contributed by atoms with Gasteiger partial charge in [-0.2, -0.15) is 4.72 Å². The van der Waals surface area contributed by atoms with Gasteiger partial charge in [0.25, 0.3) is 0 Å². The molecule has 2 atom stereocenters. The molecule has 0 bridgehead atoms. The number of sulfonamides is 1. The SMILES string of the molecule is CCC(C)C(NS(=O)(=O)c1ccc(NC(C)=O)cc1)C(=O)O. The van der Waals surface area contributed by atoms with Gasteiger partial charge in [-0.15, -0.1) is 0 Å². The quantitative estimate of drug-likeness (QED) is 0.701. The first kappa shape index (κ1) is 18.1. The van der Waals surface area contributed by atoms with Crippen molar-refractivity contribution < 1.29 is 23.1 Å². The highest BCUT2D eigenvalue weighted by atomic mass is 32.2. The van der Waals surface area contributed by atoms with Gasteiger partial charge in [0.15, 0.2) is 0 Å². The number of carboxylic acids is 1. The van der Waals surface area contributed by atoms with Crippen LogP contribution in [0.1, 0.15) is 27.2 Å². The van der Waals surface area contributed by atoms with Crippen LogP contribution in [-0.4, -0.2) is 31.4 Å². The molecular formula is C14H20N2O5S. The molecule has 3 N–H and O–H groups in total. The Labute approximate surface area is 129 Å². The molecule has 1 amide bonds. The van der Waals surface area contributed by atoms with Crippen LogP contribution in [0.4, 0.5) is 5.69 Å². The predicted molar refractivity (Wildman–Crippen MR) is 81.9 cm³/mol. The summed E-state index contributed by atoms with van der Waals surface area (Å²) < 4.78 is 26.7. The molecule has 0 radical (unpaired) electrons. The van der Waals surface area contributed by atoms with E-state index in [4.69, 9.17) is 5.11 Å². The van der Waals surface area contributed by atoms with E-state index in [2.05, 4.69) is 10.0 Å².